The third kappa shape index (κ3) is 5.15. The number of carbonyl (C=O) groups is 1. The topological polar surface area (TPSA) is 60.0 Å². The molecule has 2 N–H and O–H groups in total. The van der Waals surface area contributed by atoms with Crippen molar-refractivity contribution in [3.8, 4) is 0 Å². The van der Waals surface area contributed by atoms with Crippen molar-refractivity contribution in [3.63, 3.8) is 0 Å². The van der Waals surface area contributed by atoms with E-state index in [0.29, 0.717) is 37.8 Å². The SMILES string of the molecule is CCNC(=NCC(=O)N1CCc2sccc2C1)NC1CCN(c2ccc(F)cc2F)C1. The monoisotopic (exact) mass is 447 g/mol. The Bertz CT molecular complexity index is 963. The second-order valence-electron chi connectivity index (χ2n) is 7.80. The summed E-state index contributed by atoms with van der Waals surface area (Å²) in [6, 6.07) is 5.80. The van der Waals surface area contributed by atoms with Crippen LogP contribution in [0.2, 0.25) is 0 Å². The van der Waals surface area contributed by atoms with Gasteiger partial charge in [0.2, 0.25) is 5.91 Å². The van der Waals surface area contributed by atoms with E-state index in [1.807, 2.05) is 16.7 Å². The number of guanidine groups is 1. The summed E-state index contributed by atoms with van der Waals surface area (Å²) in [5, 5.41) is 8.61. The van der Waals surface area contributed by atoms with Crippen molar-refractivity contribution in [1.29, 1.82) is 0 Å². The number of carbonyl (C=O) groups excluding carboxylic acids is 1. The van der Waals surface area contributed by atoms with Crippen LogP contribution >= 0.6 is 11.3 Å². The molecule has 2 aromatic rings. The lowest BCUT2D eigenvalue weighted by molar-refractivity contribution is -0.130. The highest BCUT2D eigenvalue weighted by atomic mass is 32.1. The zero-order valence-electron chi connectivity index (χ0n) is 17.5. The first-order chi connectivity index (χ1) is 15.0. The summed E-state index contributed by atoms with van der Waals surface area (Å²) in [7, 11) is 0. The predicted molar refractivity (Wildman–Crippen MR) is 120 cm³/mol. The Morgan fingerprint density at radius 3 is 2.97 bits per heavy atom. The van der Waals surface area contributed by atoms with Gasteiger partial charge < -0.3 is 20.4 Å². The molecule has 1 fully saturated rings. The Balaban J connectivity index is 1.33. The van der Waals surface area contributed by atoms with Gasteiger partial charge in [0.05, 0.1) is 5.69 Å². The lowest BCUT2D eigenvalue weighted by atomic mass is 10.1. The maximum atomic E-state index is 14.1. The van der Waals surface area contributed by atoms with Crippen molar-refractivity contribution in [2.45, 2.75) is 32.4 Å². The summed E-state index contributed by atoms with van der Waals surface area (Å²) >= 11 is 1.75. The molecule has 1 aromatic heterocycles. The number of nitrogens with one attached hydrogen (secondary N) is 2. The van der Waals surface area contributed by atoms with Gasteiger partial charge in [-0.2, -0.15) is 0 Å². The molecule has 4 rings (SSSR count). The van der Waals surface area contributed by atoms with Gasteiger partial charge in [-0.25, -0.2) is 13.8 Å². The van der Waals surface area contributed by atoms with E-state index in [1.54, 1.807) is 11.3 Å². The molecular formula is C22H27F2N5OS. The van der Waals surface area contributed by atoms with E-state index in [9.17, 15) is 13.6 Å². The van der Waals surface area contributed by atoms with Gasteiger partial charge in [-0.05, 0) is 48.9 Å². The fraction of sp³-hybridized carbons (Fsp3) is 0.455. The van der Waals surface area contributed by atoms with Crippen LogP contribution < -0.4 is 15.5 Å². The van der Waals surface area contributed by atoms with E-state index in [0.717, 1.165) is 25.5 Å². The summed E-state index contributed by atoms with van der Waals surface area (Å²) in [6.45, 7) is 5.34. The quantitative estimate of drug-likeness (QED) is 0.547. The number of hydrogen-bond donors (Lipinski definition) is 2. The average Bonchev–Trinajstić information content (AvgIpc) is 3.40. The van der Waals surface area contributed by atoms with Crippen LogP contribution in [0.5, 0.6) is 0 Å². The summed E-state index contributed by atoms with van der Waals surface area (Å²) in [6.07, 6.45) is 1.70. The van der Waals surface area contributed by atoms with E-state index in [2.05, 4.69) is 27.1 Å². The largest absolute Gasteiger partial charge is 0.367 e. The van der Waals surface area contributed by atoms with Crippen molar-refractivity contribution in [3.05, 3.63) is 51.7 Å². The number of aliphatic imine (C=N–C) groups is 1. The highest BCUT2D eigenvalue weighted by Crippen LogP contribution is 2.25. The minimum atomic E-state index is -0.578. The third-order valence-corrected chi connectivity index (χ3v) is 6.68. The highest BCUT2D eigenvalue weighted by molar-refractivity contribution is 7.10. The summed E-state index contributed by atoms with van der Waals surface area (Å²) in [5.41, 5.74) is 1.64. The molecule has 166 valence electrons. The molecule has 0 saturated carbocycles. The normalized spacial score (nSPS) is 18.8. The highest BCUT2D eigenvalue weighted by Gasteiger charge is 2.26. The molecule has 3 heterocycles. The van der Waals surface area contributed by atoms with Crippen LogP contribution in [0.1, 0.15) is 23.8 Å². The van der Waals surface area contributed by atoms with Gasteiger partial charge in [0, 0.05) is 49.7 Å². The number of amides is 1. The molecule has 0 bridgehead atoms. The Morgan fingerprint density at radius 2 is 2.16 bits per heavy atom. The molecule has 1 amide bonds. The molecule has 1 aromatic carbocycles. The summed E-state index contributed by atoms with van der Waals surface area (Å²) < 4.78 is 27.3. The zero-order chi connectivity index (χ0) is 21.8. The standard InChI is InChI=1S/C22H27F2N5OS/c1-2-25-22(26-12-21(30)29-9-6-20-15(13-29)7-10-31-20)27-17-5-8-28(14-17)19-4-3-16(23)11-18(19)24/h3-4,7,10-11,17H,2,5-6,8-9,12-14H2,1H3,(H2,25,26,27). The number of rotatable bonds is 5. The molecule has 1 saturated heterocycles. The van der Waals surface area contributed by atoms with Gasteiger partial charge in [-0.15, -0.1) is 11.3 Å². The number of benzene rings is 1. The maximum Gasteiger partial charge on any atom is 0.244 e. The van der Waals surface area contributed by atoms with E-state index in [4.69, 9.17) is 0 Å². The Kier molecular flexibility index (Phi) is 6.70. The van der Waals surface area contributed by atoms with E-state index in [-0.39, 0.29) is 18.5 Å². The minimum Gasteiger partial charge on any atom is -0.367 e. The second kappa shape index (κ2) is 9.64. The second-order valence-corrected chi connectivity index (χ2v) is 8.80. The number of nitrogens with zero attached hydrogens (tertiary/aromatic N) is 3. The first kappa shape index (κ1) is 21.5. The molecule has 0 aliphatic carbocycles. The molecule has 6 nitrogen and oxygen atoms in total. The number of fused-ring (bicyclic) bond motifs is 1. The van der Waals surface area contributed by atoms with Crippen molar-refractivity contribution in [2.75, 3.05) is 37.6 Å². The van der Waals surface area contributed by atoms with Crippen LogP contribution in [0.25, 0.3) is 0 Å². The lowest BCUT2D eigenvalue weighted by Gasteiger charge is -2.26. The van der Waals surface area contributed by atoms with Crippen LogP contribution in [0, 0.1) is 11.6 Å². The fourth-order valence-corrected chi connectivity index (χ4v) is 4.95. The molecule has 31 heavy (non-hydrogen) atoms. The van der Waals surface area contributed by atoms with Gasteiger partial charge in [0.25, 0.3) is 0 Å². The molecule has 1 atom stereocenters. The van der Waals surface area contributed by atoms with E-state index in [1.165, 1.54) is 22.6 Å². The van der Waals surface area contributed by atoms with Gasteiger partial charge in [-0.1, -0.05) is 0 Å². The molecule has 0 spiro atoms. The van der Waals surface area contributed by atoms with Crippen LogP contribution in [-0.2, 0) is 17.8 Å². The van der Waals surface area contributed by atoms with Crippen LogP contribution in [0.3, 0.4) is 0 Å². The summed E-state index contributed by atoms with van der Waals surface area (Å²) in [4.78, 5) is 22.3. The molecule has 2 aliphatic rings. The van der Waals surface area contributed by atoms with Crippen LogP contribution in [0.4, 0.5) is 14.5 Å². The summed E-state index contributed by atoms with van der Waals surface area (Å²) in [5.74, 6) is -0.543. The number of anilines is 1. The van der Waals surface area contributed by atoms with Crippen LogP contribution in [-0.4, -0.2) is 55.5 Å². The number of thiophene rings is 1. The minimum absolute atomic E-state index is 0.00971. The Labute approximate surface area is 185 Å². The Morgan fingerprint density at radius 1 is 1.29 bits per heavy atom. The number of hydrogen-bond acceptors (Lipinski definition) is 4. The van der Waals surface area contributed by atoms with E-state index < -0.39 is 11.6 Å². The molecular weight excluding hydrogens is 420 g/mol. The van der Waals surface area contributed by atoms with Gasteiger partial charge in [0.15, 0.2) is 5.96 Å². The average molecular weight is 448 g/mol. The van der Waals surface area contributed by atoms with Crippen molar-refractivity contribution in [1.82, 2.24) is 15.5 Å². The first-order valence-corrected chi connectivity index (χ1v) is 11.5. The van der Waals surface area contributed by atoms with Crippen molar-refractivity contribution >= 4 is 28.9 Å². The molecule has 0 radical (unpaired) electrons. The molecule has 1 unspecified atom stereocenters. The lowest BCUT2D eigenvalue weighted by Crippen LogP contribution is -2.45. The molecule has 2 aliphatic heterocycles. The molecule has 9 heteroatoms. The Hall–Kier alpha value is -2.68. The maximum absolute atomic E-state index is 14.1. The third-order valence-electron chi connectivity index (χ3n) is 5.66. The fourth-order valence-electron chi connectivity index (χ4n) is 4.06. The zero-order valence-corrected chi connectivity index (χ0v) is 18.4. The van der Waals surface area contributed by atoms with Gasteiger partial charge in [-0.3, -0.25) is 4.79 Å². The van der Waals surface area contributed by atoms with Crippen LogP contribution in [0.15, 0.2) is 34.6 Å². The van der Waals surface area contributed by atoms with E-state index >= 15 is 0 Å². The predicted octanol–water partition coefficient (Wildman–Crippen LogP) is 2.75. The van der Waals surface area contributed by atoms with Gasteiger partial charge in [0.1, 0.15) is 18.2 Å². The first-order valence-electron chi connectivity index (χ1n) is 10.6. The smallest absolute Gasteiger partial charge is 0.244 e. The van der Waals surface area contributed by atoms with Gasteiger partial charge >= 0.3 is 0 Å². The van der Waals surface area contributed by atoms with Crippen molar-refractivity contribution < 1.29 is 13.6 Å². The van der Waals surface area contributed by atoms with Crippen molar-refractivity contribution in [2.24, 2.45) is 4.99 Å². The number of halogens is 2.